The first-order valence-corrected chi connectivity index (χ1v) is 7.03. The van der Waals surface area contributed by atoms with Crippen LogP contribution in [0.5, 0.6) is 0 Å². The number of nitrogens with two attached hydrogens (primary N) is 1. The molecule has 0 saturated heterocycles. The molecular weight excluding hydrogens is 294 g/mol. The Morgan fingerprint density at radius 2 is 2.17 bits per heavy atom. The largest absolute Gasteiger partial charge is 0.384 e. The summed E-state index contributed by atoms with van der Waals surface area (Å²) in [6.45, 7) is 1.84. The highest BCUT2D eigenvalue weighted by molar-refractivity contribution is 9.10. The first-order chi connectivity index (χ1) is 8.66. The van der Waals surface area contributed by atoms with Crippen LogP contribution in [0.15, 0.2) is 22.7 Å². The van der Waals surface area contributed by atoms with Crippen LogP contribution in [0.3, 0.4) is 0 Å². The first kappa shape index (κ1) is 13.4. The molecular formula is C13H18BrN3O. The molecule has 0 unspecified atom stereocenters. The van der Waals surface area contributed by atoms with Crippen molar-refractivity contribution in [3.05, 3.63) is 28.2 Å². The minimum absolute atomic E-state index is 0.402. The normalized spacial score (nSPS) is 14.5. The average molecular weight is 312 g/mol. The predicted molar refractivity (Wildman–Crippen MR) is 76.8 cm³/mol. The van der Waals surface area contributed by atoms with E-state index in [2.05, 4.69) is 26.6 Å². The van der Waals surface area contributed by atoms with E-state index in [0.717, 1.165) is 35.7 Å². The molecule has 4 N–H and O–H groups in total. The Balaban J connectivity index is 1.82. The van der Waals surface area contributed by atoms with E-state index in [1.165, 1.54) is 12.8 Å². The summed E-state index contributed by atoms with van der Waals surface area (Å²) in [4.78, 5) is 11.3. The molecule has 4 nitrogen and oxygen atoms in total. The van der Waals surface area contributed by atoms with Gasteiger partial charge < -0.3 is 16.4 Å². The van der Waals surface area contributed by atoms with Gasteiger partial charge in [0.1, 0.15) is 0 Å². The molecule has 0 atom stereocenters. The van der Waals surface area contributed by atoms with Crippen molar-refractivity contribution in [3.63, 3.8) is 0 Å². The monoisotopic (exact) mass is 311 g/mol. The van der Waals surface area contributed by atoms with Crippen LogP contribution in [0, 0.1) is 0 Å². The third-order valence-corrected chi connectivity index (χ3v) is 3.42. The van der Waals surface area contributed by atoms with Crippen LogP contribution in [-0.2, 0) is 0 Å². The number of nitrogens with one attached hydrogen (secondary N) is 2. The molecule has 1 aromatic carbocycles. The number of hydrogen-bond donors (Lipinski definition) is 3. The van der Waals surface area contributed by atoms with Crippen LogP contribution in [0.2, 0.25) is 0 Å². The molecule has 1 aliphatic carbocycles. The number of primary amides is 1. The van der Waals surface area contributed by atoms with Crippen LogP contribution in [-0.4, -0.2) is 25.0 Å². The van der Waals surface area contributed by atoms with Gasteiger partial charge in [0.2, 0.25) is 0 Å². The molecule has 18 heavy (non-hydrogen) atoms. The van der Waals surface area contributed by atoms with Gasteiger partial charge in [0.05, 0.1) is 5.56 Å². The van der Waals surface area contributed by atoms with Gasteiger partial charge in [0, 0.05) is 22.7 Å². The first-order valence-electron chi connectivity index (χ1n) is 6.23. The fourth-order valence-corrected chi connectivity index (χ4v) is 2.14. The number of benzene rings is 1. The Hall–Kier alpha value is -1.07. The third kappa shape index (κ3) is 3.99. The molecule has 0 bridgehead atoms. The number of halogens is 1. The highest BCUT2D eigenvalue weighted by Crippen LogP contribution is 2.21. The Labute approximate surface area is 115 Å². The van der Waals surface area contributed by atoms with Crippen molar-refractivity contribution in [2.24, 2.45) is 5.73 Å². The Morgan fingerprint density at radius 1 is 1.39 bits per heavy atom. The molecule has 0 spiro atoms. The van der Waals surface area contributed by atoms with Gasteiger partial charge in [-0.3, -0.25) is 4.79 Å². The van der Waals surface area contributed by atoms with Crippen LogP contribution < -0.4 is 16.4 Å². The number of anilines is 1. The van der Waals surface area contributed by atoms with Crippen molar-refractivity contribution in [3.8, 4) is 0 Å². The molecule has 1 amide bonds. The van der Waals surface area contributed by atoms with Crippen molar-refractivity contribution in [2.45, 2.75) is 25.3 Å². The quantitative estimate of drug-likeness (QED) is 0.676. The van der Waals surface area contributed by atoms with E-state index in [0.29, 0.717) is 5.56 Å². The average Bonchev–Trinajstić information content (AvgIpc) is 3.12. The molecule has 0 heterocycles. The lowest BCUT2D eigenvalue weighted by molar-refractivity contribution is 0.100. The standard InChI is InChI=1S/C13H18BrN3O/c14-9-2-5-11(13(15)18)12(8-9)17-7-1-6-16-10-3-4-10/h2,5,8,10,16-17H,1,3-4,6-7H2,(H2,15,18). The van der Waals surface area contributed by atoms with Crippen LogP contribution in [0.4, 0.5) is 5.69 Å². The summed E-state index contributed by atoms with van der Waals surface area (Å²) in [5.41, 5.74) is 6.67. The maximum atomic E-state index is 11.3. The van der Waals surface area contributed by atoms with Crippen molar-refractivity contribution in [1.29, 1.82) is 0 Å². The molecule has 1 aromatic rings. The summed E-state index contributed by atoms with van der Waals surface area (Å²) in [6.07, 6.45) is 3.65. The van der Waals surface area contributed by atoms with Crippen LogP contribution >= 0.6 is 15.9 Å². The second kappa shape index (κ2) is 6.20. The van der Waals surface area contributed by atoms with Gasteiger partial charge in [-0.05, 0) is 44.0 Å². The number of amides is 1. The summed E-state index contributed by atoms with van der Waals surface area (Å²) in [5, 5.41) is 6.71. The minimum atomic E-state index is -0.402. The second-order valence-corrected chi connectivity index (χ2v) is 5.48. The van der Waals surface area contributed by atoms with E-state index < -0.39 is 5.91 Å². The van der Waals surface area contributed by atoms with Gasteiger partial charge in [0.15, 0.2) is 0 Å². The molecule has 2 rings (SSSR count). The van der Waals surface area contributed by atoms with Gasteiger partial charge >= 0.3 is 0 Å². The Morgan fingerprint density at radius 3 is 2.83 bits per heavy atom. The lowest BCUT2D eigenvalue weighted by Crippen LogP contribution is -2.20. The van der Waals surface area contributed by atoms with E-state index in [9.17, 15) is 4.79 Å². The number of rotatable bonds is 7. The smallest absolute Gasteiger partial charge is 0.250 e. The van der Waals surface area contributed by atoms with E-state index >= 15 is 0 Å². The van der Waals surface area contributed by atoms with Gasteiger partial charge in [-0.2, -0.15) is 0 Å². The number of hydrogen-bond acceptors (Lipinski definition) is 3. The zero-order valence-corrected chi connectivity index (χ0v) is 11.8. The number of carbonyl (C=O) groups is 1. The van der Waals surface area contributed by atoms with Crippen molar-refractivity contribution in [1.82, 2.24) is 5.32 Å². The van der Waals surface area contributed by atoms with Gasteiger partial charge in [-0.1, -0.05) is 15.9 Å². The Bertz CT molecular complexity index is 432. The van der Waals surface area contributed by atoms with Crippen LogP contribution in [0.1, 0.15) is 29.6 Å². The minimum Gasteiger partial charge on any atom is -0.384 e. The molecule has 0 radical (unpaired) electrons. The fourth-order valence-electron chi connectivity index (χ4n) is 1.78. The fraction of sp³-hybridized carbons (Fsp3) is 0.462. The van der Waals surface area contributed by atoms with E-state index in [1.807, 2.05) is 12.1 Å². The lowest BCUT2D eigenvalue weighted by atomic mass is 10.1. The topological polar surface area (TPSA) is 67.2 Å². The highest BCUT2D eigenvalue weighted by atomic mass is 79.9. The molecule has 1 saturated carbocycles. The van der Waals surface area contributed by atoms with E-state index in [-0.39, 0.29) is 0 Å². The molecule has 5 heteroatoms. The maximum absolute atomic E-state index is 11.3. The molecule has 0 aromatic heterocycles. The van der Waals surface area contributed by atoms with Gasteiger partial charge in [-0.25, -0.2) is 0 Å². The molecule has 98 valence electrons. The van der Waals surface area contributed by atoms with E-state index in [4.69, 9.17) is 5.73 Å². The van der Waals surface area contributed by atoms with Crippen molar-refractivity contribution in [2.75, 3.05) is 18.4 Å². The molecule has 0 aliphatic heterocycles. The Kier molecular flexibility index (Phi) is 4.60. The third-order valence-electron chi connectivity index (χ3n) is 2.93. The number of carbonyl (C=O) groups excluding carboxylic acids is 1. The summed E-state index contributed by atoms with van der Waals surface area (Å²) in [6, 6.07) is 6.18. The van der Waals surface area contributed by atoms with Gasteiger partial charge in [0.25, 0.3) is 5.91 Å². The molecule has 1 fully saturated rings. The zero-order chi connectivity index (χ0) is 13.0. The predicted octanol–water partition coefficient (Wildman–Crippen LogP) is 2.10. The summed E-state index contributed by atoms with van der Waals surface area (Å²) in [5.74, 6) is -0.402. The summed E-state index contributed by atoms with van der Waals surface area (Å²) in [7, 11) is 0. The lowest BCUT2D eigenvalue weighted by Gasteiger charge is -2.10. The zero-order valence-electron chi connectivity index (χ0n) is 10.2. The summed E-state index contributed by atoms with van der Waals surface area (Å²) >= 11 is 3.39. The summed E-state index contributed by atoms with van der Waals surface area (Å²) < 4.78 is 0.936. The second-order valence-electron chi connectivity index (χ2n) is 4.56. The SMILES string of the molecule is NC(=O)c1ccc(Br)cc1NCCCNC1CC1. The van der Waals surface area contributed by atoms with Crippen molar-refractivity contribution >= 4 is 27.5 Å². The van der Waals surface area contributed by atoms with E-state index in [1.54, 1.807) is 6.07 Å². The van der Waals surface area contributed by atoms with Crippen molar-refractivity contribution < 1.29 is 4.79 Å². The highest BCUT2D eigenvalue weighted by Gasteiger charge is 2.19. The molecule has 1 aliphatic rings. The van der Waals surface area contributed by atoms with Gasteiger partial charge in [-0.15, -0.1) is 0 Å². The maximum Gasteiger partial charge on any atom is 0.250 e. The van der Waals surface area contributed by atoms with Crippen LogP contribution in [0.25, 0.3) is 0 Å².